The molecule has 0 spiro atoms. The summed E-state index contributed by atoms with van der Waals surface area (Å²) in [5.74, 6) is 0. The van der Waals surface area contributed by atoms with E-state index < -0.39 is 0 Å². The number of hydrogen-bond donors (Lipinski definition) is 1. The van der Waals surface area contributed by atoms with Gasteiger partial charge in [-0.15, -0.1) is 0 Å². The van der Waals surface area contributed by atoms with E-state index in [-0.39, 0.29) is 0 Å². The summed E-state index contributed by atoms with van der Waals surface area (Å²) in [7, 11) is 1.91. The van der Waals surface area contributed by atoms with Gasteiger partial charge in [-0.1, -0.05) is 12.1 Å². The Morgan fingerprint density at radius 2 is 1.80 bits per heavy atom. The SMILES string of the molecule is CNc1ccccc1Sc1ncccn1. The van der Waals surface area contributed by atoms with Crippen molar-refractivity contribution >= 4 is 17.4 Å². The molecule has 0 aliphatic rings. The van der Waals surface area contributed by atoms with Gasteiger partial charge >= 0.3 is 0 Å². The molecule has 0 fully saturated rings. The van der Waals surface area contributed by atoms with Crippen molar-refractivity contribution in [1.29, 1.82) is 0 Å². The molecule has 0 saturated carbocycles. The number of anilines is 1. The zero-order chi connectivity index (χ0) is 10.5. The molecule has 0 unspecified atom stereocenters. The van der Waals surface area contributed by atoms with Crippen molar-refractivity contribution in [2.45, 2.75) is 10.1 Å². The molecule has 0 atom stereocenters. The van der Waals surface area contributed by atoms with Crippen LogP contribution in [0.15, 0.2) is 52.8 Å². The van der Waals surface area contributed by atoms with Crippen molar-refractivity contribution in [3.8, 4) is 0 Å². The van der Waals surface area contributed by atoms with Gasteiger partial charge in [0.2, 0.25) is 0 Å². The summed E-state index contributed by atoms with van der Waals surface area (Å²) >= 11 is 1.55. The summed E-state index contributed by atoms with van der Waals surface area (Å²) in [5, 5.41) is 3.90. The third kappa shape index (κ3) is 2.47. The number of para-hydroxylation sites is 1. The monoisotopic (exact) mass is 217 g/mol. The fourth-order valence-corrected chi connectivity index (χ4v) is 2.05. The first-order valence-electron chi connectivity index (χ1n) is 4.62. The standard InChI is InChI=1S/C11H11N3S/c1-12-9-5-2-3-6-10(9)15-11-13-7-4-8-14-11/h2-8,12H,1H3. The van der Waals surface area contributed by atoms with E-state index in [0.29, 0.717) is 0 Å². The molecule has 0 radical (unpaired) electrons. The molecule has 0 amide bonds. The van der Waals surface area contributed by atoms with Crippen LogP contribution in [0, 0.1) is 0 Å². The molecule has 0 bridgehead atoms. The normalized spacial score (nSPS) is 9.93. The number of aromatic nitrogens is 2. The minimum Gasteiger partial charge on any atom is -0.387 e. The van der Waals surface area contributed by atoms with Crippen LogP contribution >= 0.6 is 11.8 Å². The van der Waals surface area contributed by atoms with Crippen molar-refractivity contribution in [3.63, 3.8) is 0 Å². The predicted molar refractivity (Wildman–Crippen MR) is 62.1 cm³/mol. The molecule has 15 heavy (non-hydrogen) atoms. The second-order valence-electron chi connectivity index (χ2n) is 2.88. The maximum Gasteiger partial charge on any atom is 0.192 e. The van der Waals surface area contributed by atoms with Gasteiger partial charge in [0.15, 0.2) is 5.16 Å². The number of benzene rings is 1. The fraction of sp³-hybridized carbons (Fsp3) is 0.0909. The number of nitrogens with zero attached hydrogens (tertiary/aromatic N) is 2. The highest BCUT2D eigenvalue weighted by molar-refractivity contribution is 7.99. The molecular formula is C11H11N3S. The highest BCUT2D eigenvalue weighted by Crippen LogP contribution is 2.30. The predicted octanol–water partition coefficient (Wildman–Crippen LogP) is 2.67. The highest BCUT2D eigenvalue weighted by Gasteiger charge is 2.03. The van der Waals surface area contributed by atoms with Crippen molar-refractivity contribution < 1.29 is 0 Å². The summed E-state index contributed by atoms with van der Waals surface area (Å²) < 4.78 is 0. The van der Waals surface area contributed by atoms with Crippen molar-refractivity contribution in [3.05, 3.63) is 42.7 Å². The molecule has 2 rings (SSSR count). The van der Waals surface area contributed by atoms with Gasteiger partial charge in [-0.25, -0.2) is 9.97 Å². The summed E-state index contributed by atoms with van der Waals surface area (Å²) in [6.45, 7) is 0. The maximum absolute atomic E-state index is 4.17. The van der Waals surface area contributed by atoms with E-state index in [0.717, 1.165) is 15.7 Å². The summed E-state index contributed by atoms with van der Waals surface area (Å²) in [6, 6.07) is 9.90. The Labute approximate surface area is 93.0 Å². The molecule has 0 saturated heterocycles. The zero-order valence-corrected chi connectivity index (χ0v) is 9.16. The van der Waals surface area contributed by atoms with Gasteiger partial charge in [0, 0.05) is 30.0 Å². The van der Waals surface area contributed by atoms with Gasteiger partial charge in [-0.3, -0.25) is 0 Å². The fourth-order valence-electron chi connectivity index (χ4n) is 1.20. The topological polar surface area (TPSA) is 37.8 Å². The molecule has 0 aliphatic carbocycles. The lowest BCUT2D eigenvalue weighted by Crippen LogP contribution is -1.91. The Bertz CT molecular complexity index is 431. The van der Waals surface area contributed by atoms with Crippen LogP contribution in [0.1, 0.15) is 0 Å². The van der Waals surface area contributed by atoms with E-state index in [1.807, 2.05) is 37.4 Å². The van der Waals surface area contributed by atoms with Crippen molar-refractivity contribution in [1.82, 2.24) is 9.97 Å². The molecule has 1 N–H and O–H groups in total. The van der Waals surface area contributed by atoms with Gasteiger partial charge < -0.3 is 5.32 Å². The van der Waals surface area contributed by atoms with Crippen LogP contribution < -0.4 is 5.32 Å². The molecule has 4 heteroatoms. The van der Waals surface area contributed by atoms with Crippen LogP contribution in [0.3, 0.4) is 0 Å². The van der Waals surface area contributed by atoms with Crippen LogP contribution in [0.4, 0.5) is 5.69 Å². The highest BCUT2D eigenvalue weighted by atomic mass is 32.2. The Morgan fingerprint density at radius 3 is 2.53 bits per heavy atom. The van der Waals surface area contributed by atoms with Gasteiger partial charge in [0.05, 0.1) is 0 Å². The lowest BCUT2D eigenvalue weighted by Gasteiger charge is -2.06. The van der Waals surface area contributed by atoms with E-state index in [4.69, 9.17) is 0 Å². The smallest absolute Gasteiger partial charge is 0.192 e. The molecular weight excluding hydrogens is 206 g/mol. The van der Waals surface area contributed by atoms with Crippen LogP contribution in [0.5, 0.6) is 0 Å². The summed E-state index contributed by atoms with van der Waals surface area (Å²) in [4.78, 5) is 9.48. The maximum atomic E-state index is 4.17. The van der Waals surface area contributed by atoms with Gasteiger partial charge in [-0.05, 0) is 30.0 Å². The minimum atomic E-state index is 0.764. The second-order valence-corrected chi connectivity index (χ2v) is 3.89. The van der Waals surface area contributed by atoms with Crippen LogP contribution in [-0.4, -0.2) is 17.0 Å². The second kappa shape index (κ2) is 4.79. The number of hydrogen-bond acceptors (Lipinski definition) is 4. The third-order valence-electron chi connectivity index (χ3n) is 1.90. The van der Waals surface area contributed by atoms with Crippen molar-refractivity contribution in [2.75, 3.05) is 12.4 Å². The molecule has 1 aromatic heterocycles. The van der Waals surface area contributed by atoms with Crippen molar-refractivity contribution in [2.24, 2.45) is 0 Å². The van der Waals surface area contributed by atoms with Gasteiger partial charge in [-0.2, -0.15) is 0 Å². The molecule has 2 aromatic rings. The average Bonchev–Trinajstić information content (AvgIpc) is 2.31. The largest absolute Gasteiger partial charge is 0.387 e. The lowest BCUT2D eigenvalue weighted by atomic mass is 10.3. The Morgan fingerprint density at radius 1 is 1.07 bits per heavy atom. The summed E-state index contributed by atoms with van der Waals surface area (Å²) in [5.41, 5.74) is 1.09. The quantitative estimate of drug-likeness (QED) is 0.802. The first-order valence-corrected chi connectivity index (χ1v) is 5.43. The number of rotatable bonds is 3. The van der Waals surface area contributed by atoms with E-state index in [1.165, 1.54) is 0 Å². The van der Waals surface area contributed by atoms with Crippen LogP contribution in [0.25, 0.3) is 0 Å². The van der Waals surface area contributed by atoms with Gasteiger partial charge in [0.25, 0.3) is 0 Å². The molecule has 76 valence electrons. The molecule has 1 aromatic carbocycles. The van der Waals surface area contributed by atoms with E-state index in [2.05, 4.69) is 15.3 Å². The van der Waals surface area contributed by atoms with Crippen LogP contribution in [0.2, 0.25) is 0 Å². The first-order chi connectivity index (χ1) is 7.40. The molecule has 1 heterocycles. The van der Waals surface area contributed by atoms with E-state index in [1.54, 1.807) is 24.2 Å². The average molecular weight is 217 g/mol. The molecule has 0 aliphatic heterocycles. The summed E-state index contributed by atoms with van der Waals surface area (Å²) in [6.07, 6.45) is 3.49. The Hall–Kier alpha value is -1.55. The Kier molecular flexibility index (Phi) is 3.19. The van der Waals surface area contributed by atoms with E-state index >= 15 is 0 Å². The van der Waals surface area contributed by atoms with Gasteiger partial charge in [0.1, 0.15) is 0 Å². The van der Waals surface area contributed by atoms with E-state index in [9.17, 15) is 0 Å². The third-order valence-corrected chi connectivity index (χ3v) is 2.87. The molecule has 3 nitrogen and oxygen atoms in total. The van der Waals surface area contributed by atoms with Crippen LogP contribution in [-0.2, 0) is 0 Å². The lowest BCUT2D eigenvalue weighted by molar-refractivity contribution is 0.967. The minimum absolute atomic E-state index is 0.764. The zero-order valence-electron chi connectivity index (χ0n) is 8.34. The Balaban J connectivity index is 2.24. The first kappa shape index (κ1) is 9.98. The number of nitrogens with one attached hydrogen (secondary N) is 1.